The van der Waals surface area contributed by atoms with Gasteiger partial charge in [0.2, 0.25) is 0 Å². The van der Waals surface area contributed by atoms with Gasteiger partial charge in [-0.15, -0.1) is 0 Å². The van der Waals surface area contributed by atoms with Crippen LogP contribution in [0.1, 0.15) is 11.1 Å². The second kappa shape index (κ2) is 5.53. The molecule has 5 heteroatoms. The summed E-state index contributed by atoms with van der Waals surface area (Å²) < 4.78 is 0. The summed E-state index contributed by atoms with van der Waals surface area (Å²) in [5, 5.41) is 20.9. The quantitative estimate of drug-likeness (QED) is 0.803. The lowest BCUT2D eigenvalue weighted by Gasteiger charge is -2.10. The maximum absolute atomic E-state index is 9.90. The minimum Gasteiger partial charge on any atom is -0.507 e. The van der Waals surface area contributed by atoms with Crippen molar-refractivity contribution in [2.45, 2.75) is 23.6 Å². The van der Waals surface area contributed by atoms with E-state index in [0.717, 1.165) is 11.1 Å². The van der Waals surface area contributed by atoms with Crippen LogP contribution in [0, 0.1) is 13.8 Å². The Hall–Kier alpha value is -1.03. The molecule has 0 fully saturated rings. The van der Waals surface area contributed by atoms with Crippen molar-refractivity contribution in [3.63, 3.8) is 0 Å². The molecule has 2 rings (SSSR count). The van der Waals surface area contributed by atoms with E-state index in [0.29, 0.717) is 19.8 Å². The zero-order chi connectivity index (χ0) is 14.2. The van der Waals surface area contributed by atoms with Crippen molar-refractivity contribution >= 4 is 35.0 Å². The molecule has 0 spiro atoms. The molecule has 0 radical (unpaired) electrons. The highest BCUT2D eigenvalue weighted by molar-refractivity contribution is 7.99. The summed E-state index contributed by atoms with van der Waals surface area (Å²) in [5.41, 5.74) is 1.60. The number of aryl methyl sites for hydroxylation is 2. The molecule has 0 saturated carbocycles. The Labute approximate surface area is 126 Å². The van der Waals surface area contributed by atoms with E-state index < -0.39 is 0 Å². The highest BCUT2D eigenvalue weighted by atomic mass is 35.5. The van der Waals surface area contributed by atoms with Gasteiger partial charge in [0, 0.05) is 10.0 Å². The Kier molecular flexibility index (Phi) is 4.19. The van der Waals surface area contributed by atoms with Crippen molar-refractivity contribution in [1.82, 2.24) is 0 Å². The number of aromatic hydroxyl groups is 2. The zero-order valence-corrected chi connectivity index (χ0v) is 12.7. The van der Waals surface area contributed by atoms with Crippen LogP contribution in [0.15, 0.2) is 34.1 Å². The molecular weight excluding hydrogens is 303 g/mol. The van der Waals surface area contributed by atoms with Crippen LogP contribution in [0.2, 0.25) is 10.0 Å². The lowest BCUT2D eigenvalue weighted by Crippen LogP contribution is -1.83. The third-order valence-electron chi connectivity index (χ3n) is 2.70. The fourth-order valence-corrected chi connectivity index (χ4v) is 2.95. The molecule has 0 heterocycles. The van der Waals surface area contributed by atoms with Crippen LogP contribution in [0.3, 0.4) is 0 Å². The van der Waals surface area contributed by atoms with Gasteiger partial charge in [0.1, 0.15) is 11.5 Å². The fraction of sp³-hybridized carbons (Fsp3) is 0.143. The van der Waals surface area contributed by atoms with Crippen LogP contribution in [0.4, 0.5) is 0 Å². The van der Waals surface area contributed by atoms with Crippen molar-refractivity contribution in [3.8, 4) is 11.5 Å². The van der Waals surface area contributed by atoms with Crippen LogP contribution in [0.5, 0.6) is 11.5 Å². The second-order valence-electron chi connectivity index (χ2n) is 4.24. The van der Waals surface area contributed by atoms with Gasteiger partial charge >= 0.3 is 0 Å². The van der Waals surface area contributed by atoms with Gasteiger partial charge in [0.05, 0.1) is 9.79 Å². The van der Waals surface area contributed by atoms with Crippen molar-refractivity contribution in [2.24, 2.45) is 0 Å². The first kappa shape index (κ1) is 14.4. The molecular formula is C14H12Cl2O2S. The monoisotopic (exact) mass is 314 g/mol. The molecule has 2 aromatic carbocycles. The Morgan fingerprint density at radius 1 is 0.789 bits per heavy atom. The number of benzene rings is 2. The van der Waals surface area contributed by atoms with Crippen LogP contribution in [0.25, 0.3) is 0 Å². The van der Waals surface area contributed by atoms with Crippen molar-refractivity contribution in [1.29, 1.82) is 0 Å². The van der Waals surface area contributed by atoms with Crippen LogP contribution in [-0.4, -0.2) is 10.2 Å². The van der Waals surface area contributed by atoms with E-state index in [-0.39, 0.29) is 11.5 Å². The maximum atomic E-state index is 9.90. The molecule has 2 nitrogen and oxygen atoms in total. The average molecular weight is 315 g/mol. The summed E-state index contributed by atoms with van der Waals surface area (Å²) in [6.07, 6.45) is 0. The van der Waals surface area contributed by atoms with E-state index in [1.165, 1.54) is 11.8 Å². The lowest BCUT2D eigenvalue weighted by molar-refractivity contribution is 0.459. The van der Waals surface area contributed by atoms with Gasteiger partial charge in [-0.05, 0) is 49.2 Å². The summed E-state index contributed by atoms with van der Waals surface area (Å²) in [7, 11) is 0. The molecule has 0 bridgehead atoms. The molecule has 2 aromatic rings. The first-order valence-electron chi connectivity index (χ1n) is 5.54. The molecule has 0 atom stereocenters. The van der Waals surface area contributed by atoms with Gasteiger partial charge in [0.25, 0.3) is 0 Å². The SMILES string of the molecule is Cc1cc(O)c(Sc2cc(Cl)c(C)cc2O)cc1Cl. The number of phenols is 2. The molecule has 2 N–H and O–H groups in total. The first-order valence-corrected chi connectivity index (χ1v) is 7.12. The van der Waals surface area contributed by atoms with E-state index >= 15 is 0 Å². The standard InChI is InChI=1S/C14H12Cl2O2S/c1-7-3-11(17)13(5-9(7)15)19-14-6-10(16)8(2)4-12(14)18/h3-6,17-18H,1-2H3. The summed E-state index contributed by atoms with van der Waals surface area (Å²) in [5.74, 6) is 0.256. The number of rotatable bonds is 2. The molecule has 0 amide bonds. The predicted molar refractivity (Wildman–Crippen MR) is 79.8 cm³/mol. The van der Waals surface area contributed by atoms with E-state index in [1.54, 1.807) is 24.3 Å². The third-order valence-corrected chi connectivity index (χ3v) is 4.61. The molecule has 0 aliphatic carbocycles. The van der Waals surface area contributed by atoms with Crippen LogP contribution < -0.4 is 0 Å². The van der Waals surface area contributed by atoms with Gasteiger partial charge in [-0.3, -0.25) is 0 Å². The lowest BCUT2D eigenvalue weighted by atomic mass is 10.2. The minimum atomic E-state index is 0.128. The van der Waals surface area contributed by atoms with Gasteiger partial charge in [0.15, 0.2) is 0 Å². The number of halogens is 2. The van der Waals surface area contributed by atoms with E-state index in [9.17, 15) is 10.2 Å². The molecule has 19 heavy (non-hydrogen) atoms. The topological polar surface area (TPSA) is 40.5 Å². The summed E-state index contributed by atoms with van der Waals surface area (Å²) in [6.45, 7) is 3.63. The summed E-state index contributed by atoms with van der Waals surface area (Å²) >= 11 is 13.3. The van der Waals surface area contributed by atoms with Crippen molar-refractivity contribution in [2.75, 3.05) is 0 Å². The largest absolute Gasteiger partial charge is 0.507 e. The van der Waals surface area contributed by atoms with Crippen LogP contribution >= 0.6 is 35.0 Å². The molecule has 0 saturated heterocycles. The average Bonchev–Trinajstić information content (AvgIpc) is 2.32. The molecule has 0 aromatic heterocycles. The molecule has 0 aliphatic heterocycles. The summed E-state index contributed by atoms with van der Waals surface area (Å²) in [6, 6.07) is 6.53. The third kappa shape index (κ3) is 3.11. The normalized spacial score (nSPS) is 10.7. The van der Waals surface area contributed by atoms with Gasteiger partial charge in [-0.2, -0.15) is 0 Å². The predicted octanol–water partition coefficient (Wildman–Crippen LogP) is 5.17. The molecule has 0 unspecified atom stereocenters. The van der Waals surface area contributed by atoms with Crippen molar-refractivity contribution in [3.05, 3.63) is 45.4 Å². The highest BCUT2D eigenvalue weighted by Crippen LogP contribution is 2.42. The summed E-state index contributed by atoms with van der Waals surface area (Å²) in [4.78, 5) is 1.15. The van der Waals surface area contributed by atoms with E-state index in [4.69, 9.17) is 23.2 Å². The minimum absolute atomic E-state index is 0.128. The Bertz CT molecular complexity index is 586. The first-order chi connectivity index (χ1) is 8.88. The second-order valence-corrected chi connectivity index (χ2v) is 6.14. The number of hydrogen-bond donors (Lipinski definition) is 2. The van der Waals surface area contributed by atoms with E-state index in [1.807, 2.05) is 13.8 Å². The number of phenolic OH excluding ortho intramolecular Hbond substituents is 2. The van der Waals surface area contributed by atoms with Gasteiger partial charge in [-0.1, -0.05) is 35.0 Å². The molecule has 0 aliphatic rings. The Morgan fingerprint density at radius 3 is 1.53 bits per heavy atom. The highest BCUT2D eigenvalue weighted by Gasteiger charge is 2.11. The zero-order valence-electron chi connectivity index (χ0n) is 10.4. The Morgan fingerprint density at radius 2 is 1.16 bits per heavy atom. The van der Waals surface area contributed by atoms with Crippen molar-refractivity contribution < 1.29 is 10.2 Å². The maximum Gasteiger partial charge on any atom is 0.129 e. The number of hydrogen-bond acceptors (Lipinski definition) is 3. The van der Waals surface area contributed by atoms with Gasteiger partial charge in [-0.25, -0.2) is 0 Å². The van der Waals surface area contributed by atoms with E-state index in [2.05, 4.69) is 0 Å². The van der Waals surface area contributed by atoms with Crippen LogP contribution in [-0.2, 0) is 0 Å². The fourth-order valence-electron chi connectivity index (χ4n) is 1.58. The Balaban J connectivity index is 2.42. The van der Waals surface area contributed by atoms with Gasteiger partial charge < -0.3 is 10.2 Å². The smallest absolute Gasteiger partial charge is 0.129 e. The molecule has 100 valence electrons.